The molecule has 5 rings (SSSR count). The number of carboxylic acids is 1. The largest absolute Gasteiger partial charge is 0.490 e. The van der Waals surface area contributed by atoms with Gasteiger partial charge < -0.3 is 15.0 Å². The van der Waals surface area contributed by atoms with E-state index in [2.05, 4.69) is 31.1 Å². The number of nitrogens with zero attached hydrogens (tertiary/aromatic N) is 8. The SMILES string of the molecule is N#CC[C@@H]([C@H]1CCN(c2nc(Cl)c(C#N)cc2F)C1)n1cc(-c2ncnc3[nH]ccc23)cn1.O=C(O)C(F)(F)F. The molecule has 2 N–H and O–H groups in total. The minimum atomic E-state index is -5.08. The molecule has 0 radical (unpaired) electrons. The molecule has 1 saturated heterocycles. The van der Waals surface area contributed by atoms with Crippen LogP contribution < -0.4 is 4.90 Å². The highest BCUT2D eigenvalue weighted by Crippen LogP contribution is 2.35. The van der Waals surface area contributed by atoms with Gasteiger partial charge in [0.15, 0.2) is 11.6 Å². The Hall–Kier alpha value is -4.76. The quantitative estimate of drug-likeness (QED) is 0.258. The molecule has 16 heteroatoms. The van der Waals surface area contributed by atoms with Gasteiger partial charge in [-0.3, -0.25) is 4.68 Å². The highest BCUT2D eigenvalue weighted by Gasteiger charge is 2.38. The average Bonchev–Trinajstić information content (AvgIpc) is 3.69. The van der Waals surface area contributed by atoms with Crippen LogP contribution in [-0.4, -0.2) is 60.1 Å². The number of fused-ring (bicyclic) bond motifs is 1. The molecular formula is C24H18ClF4N9O2. The molecule has 0 unspecified atom stereocenters. The maximum absolute atomic E-state index is 14.6. The zero-order chi connectivity index (χ0) is 29.0. The third-order valence-electron chi connectivity index (χ3n) is 6.21. The highest BCUT2D eigenvalue weighted by atomic mass is 35.5. The molecule has 2 atom stereocenters. The molecule has 0 spiro atoms. The summed E-state index contributed by atoms with van der Waals surface area (Å²) in [6.45, 7) is 1.05. The van der Waals surface area contributed by atoms with E-state index < -0.39 is 18.0 Å². The molecule has 1 aliphatic heterocycles. The summed E-state index contributed by atoms with van der Waals surface area (Å²) in [7, 11) is 0. The van der Waals surface area contributed by atoms with Crippen molar-refractivity contribution in [2.75, 3.05) is 18.0 Å². The zero-order valence-electron chi connectivity index (χ0n) is 20.3. The van der Waals surface area contributed by atoms with E-state index in [1.54, 1.807) is 22.0 Å². The number of nitrogens with one attached hydrogen (secondary N) is 1. The fourth-order valence-corrected chi connectivity index (χ4v) is 4.54. The maximum Gasteiger partial charge on any atom is 0.490 e. The lowest BCUT2D eigenvalue weighted by atomic mass is 9.96. The number of H-pyrrole nitrogens is 1. The van der Waals surface area contributed by atoms with Crippen LogP contribution in [0.5, 0.6) is 0 Å². The minimum Gasteiger partial charge on any atom is -0.475 e. The summed E-state index contributed by atoms with van der Waals surface area (Å²) >= 11 is 6.02. The second-order valence-corrected chi connectivity index (χ2v) is 9.00. The van der Waals surface area contributed by atoms with Crippen molar-refractivity contribution in [3.8, 4) is 23.4 Å². The van der Waals surface area contributed by atoms with Crippen LogP contribution in [0.4, 0.5) is 23.4 Å². The number of hydrogen-bond donors (Lipinski definition) is 2. The average molecular weight is 576 g/mol. The molecular weight excluding hydrogens is 558 g/mol. The van der Waals surface area contributed by atoms with Crippen LogP contribution in [0.1, 0.15) is 24.4 Å². The zero-order valence-corrected chi connectivity index (χ0v) is 21.0. The number of anilines is 1. The fourth-order valence-electron chi connectivity index (χ4n) is 4.37. The first-order chi connectivity index (χ1) is 19.0. The van der Waals surface area contributed by atoms with E-state index in [0.717, 1.165) is 34.8 Å². The van der Waals surface area contributed by atoms with Crippen molar-refractivity contribution in [3.05, 3.63) is 53.6 Å². The normalized spacial score (nSPS) is 15.7. The van der Waals surface area contributed by atoms with Crippen molar-refractivity contribution in [2.24, 2.45) is 5.92 Å². The molecule has 1 fully saturated rings. The van der Waals surface area contributed by atoms with Crippen LogP contribution in [0.2, 0.25) is 5.15 Å². The van der Waals surface area contributed by atoms with Crippen molar-refractivity contribution in [1.82, 2.24) is 29.7 Å². The van der Waals surface area contributed by atoms with Gasteiger partial charge in [-0.1, -0.05) is 11.6 Å². The smallest absolute Gasteiger partial charge is 0.475 e. The first kappa shape index (κ1) is 28.3. The van der Waals surface area contributed by atoms with Crippen molar-refractivity contribution in [2.45, 2.75) is 25.1 Å². The van der Waals surface area contributed by atoms with Crippen LogP contribution >= 0.6 is 11.6 Å². The molecule has 40 heavy (non-hydrogen) atoms. The number of rotatable bonds is 5. The Kier molecular flexibility index (Phi) is 8.16. The van der Waals surface area contributed by atoms with Crippen molar-refractivity contribution in [3.63, 3.8) is 0 Å². The van der Waals surface area contributed by atoms with E-state index in [1.165, 1.54) is 6.33 Å². The lowest BCUT2D eigenvalue weighted by molar-refractivity contribution is -0.192. The van der Waals surface area contributed by atoms with E-state index in [-0.39, 0.29) is 34.9 Å². The Labute approximate surface area is 228 Å². The predicted molar refractivity (Wildman–Crippen MR) is 132 cm³/mol. The van der Waals surface area contributed by atoms with Gasteiger partial charge in [0, 0.05) is 42.4 Å². The summed E-state index contributed by atoms with van der Waals surface area (Å²) in [6.07, 6.45) is 2.83. The number of alkyl halides is 3. The van der Waals surface area contributed by atoms with E-state index in [9.17, 15) is 22.8 Å². The van der Waals surface area contributed by atoms with Gasteiger partial charge in [0.05, 0.1) is 36.0 Å². The summed E-state index contributed by atoms with van der Waals surface area (Å²) < 4.78 is 48.1. The summed E-state index contributed by atoms with van der Waals surface area (Å²) in [5.74, 6) is -3.18. The number of aromatic amines is 1. The van der Waals surface area contributed by atoms with E-state index >= 15 is 0 Å². The summed E-state index contributed by atoms with van der Waals surface area (Å²) in [4.78, 5) is 26.5. The number of pyridine rings is 1. The topological polar surface area (TPSA) is 160 Å². The van der Waals surface area contributed by atoms with Crippen molar-refractivity contribution < 1.29 is 27.5 Å². The van der Waals surface area contributed by atoms with E-state index in [0.29, 0.717) is 13.1 Å². The lowest BCUT2D eigenvalue weighted by Gasteiger charge is -2.23. The van der Waals surface area contributed by atoms with Gasteiger partial charge in [0.2, 0.25) is 0 Å². The Morgan fingerprint density at radius 1 is 1.32 bits per heavy atom. The number of aromatic nitrogens is 6. The Morgan fingerprint density at radius 3 is 2.75 bits per heavy atom. The van der Waals surface area contributed by atoms with Gasteiger partial charge in [-0.05, 0) is 18.6 Å². The molecule has 206 valence electrons. The summed E-state index contributed by atoms with van der Waals surface area (Å²) in [5.41, 5.74) is 2.32. The maximum atomic E-state index is 14.6. The first-order valence-electron chi connectivity index (χ1n) is 11.5. The van der Waals surface area contributed by atoms with Gasteiger partial charge >= 0.3 is 12.1 Å². The number of aliphatic carboxylic acids is 1. The number of halogens is 5. The molecule has 0 saturated carbocycles. The first-order valence-corrected chi connectivity index (χ1v) is 11.9. The Bertz CT molecular complexity index is 1620. The molecule has 0 amide bonds. The second kappa shape index (κ2) is 11.5. The number of hydrogen-bond acceptors (Lipinski definition) is 8. The Balaban J connectivity index is 0.000000470. The predicted octanol–water partition coefficient (Wildman–Crippen LogP) is 4.50. The molecule has 4 aromatic heterocycles. The number of nitriles is 2. The third kappa shape index (κ3) is 5.94. The number of carbonyl (C=O) groups is 1. The molecule has 4 aromatic rings. The molecule has 11 nitrogen and oxygen atoms in total. The minimum absolute atomic E-state index is 0.00124. The monoisotopic (exact) mass is 575 g/mol. The molecule has 5 heterocycles. The van der Waals surface area contributed by atoms with Crippen molar-refractivity contribution >= 4 is 34.4 Å². The van der Waals surface area contributed by atoms with Crippen LogP contribution in [0, 0.1) is 34.4 Å². The van der Waals surface area contributed by atoms with Gasteiger partial charge in [0.1, 0.15) is 23.2 Å². The molecule has 0 bridgehead atoms. The third-order valence-corrected chi connectivity index (χ3v) is 6.50. The van der Waals surface area contributed by atoms with Gasteiger partial charge in [-0.15, -0.1) is 0 Å². The summed E-state index contributed by atoms with van der Waals surface area (Å²) in [6, 6.07) is 6.90. The van der Waals surface area contributed by atoms with Gasteiger partial charge in [-0.2, -0.15) is 28.8 Å². The van der Waals surface area contributed by atoms with Crippen LogP contribution in [0.3, 0.4) is 0 Å². The lowest BCUT2D eigenvalue weighted by Crippen LogP contribution is -2.26. The summed E-state index contributed by atoms with van der Waals surface area (Å²) in [5, 5.41) is 31.0. The number of carboxylic acid groups (broad SMARTS) is 1. The molecule has 0 aliphatic carbocycles. The fraction of sp³-hybridized carbons (Fsp3) is 0.292. The highest BCUT2D eigenvalue weighted by molar-refractivity contribution is 6.30. The van der Waals surface area contributed by atoms with Crippen LogP contribution in [0.25, 0.3) is 22.3 Å². The molecule has 1 aliphatic rings. The van der Waals surface area contributed by atoms with Gasteiger partial charge in [-0.25, -0.2) is 24.1 Å². The van der Waals surface area contributed by atoms with E-state index in [4.69, 9.17) is 26.8 Å². The van der Waals surface area contributed by atoms with Gasteiger partial charge in [0.25, 0.3) is 0 Å². The second-order valence-electron chi connectivity index (χ2n) is 8.64. The van der Waals surface area contributed by atoms with Crippen LogP contribution in [0.15, 0.2) is 37.1 Å². The Morgan fingerprint density at radius 2 is 2.08 bits per heavy atom. The van der Waals surface area contributed by atoms with Crippen molar-refractivity contribution in [1.29, 1.82) is 10.5 Å². The van der Waals surface area contributed by atoms with Crippen LogP contribution in [-0.2, 0) is 4.79 Å². The standard InChI is InChI=1S/C22H17ClFN9.C2HF3O2/c23-20-14(8-26)7-17(24)22(31-20)32-6-3-13(10-32)18(1-4-25)33-11-15(9-30-33)19-16-2-5-27-21(16)29-12-28-19;3-2(4,5)1(6)7/h2,5,7,9,11-13,18H,1,3,6,10H2,(H,27,28,29);(H,6,7)/t13-,18-;/m0./s1. The molecule has 0 aromatic carbocycles. The van der Waals surface area contributed by atoms with E-state index in [1.807, 2.05) is 18.3 Å².